The summed E-state index contributed by atoms with van der Waals surface area (Å²) in [4.78, 5) is 8.45. The number of fused-ring (bicyclic) bond motifs is 1. The summed E-state index contributed by atoms with van der Waals surface area (Å²) in [5.74, 6) is 0.814. The second-order valence-electron chi connectivity index (χ2n) is 4.52. The molecule has 0 bridgehead atoms. The van der Waals surface area contributed by atoms with Gasteiger partial charge < -0.3 is 5.32 Å². The maximum atomic E-state index is 9.02. The van der Waals surface area contributed by atoms with E-state index in [0.29, 0.717) is 5.82 Å². The molecule has 1 N–H and O–H groups in total. The average Bonchev–Trinajstić information content (AvgIpc) is 2.49. The van der Waals surface area contributed by atoms with Gasteiger partial charge in [-0.1, -0.05) is 29.8 Å². The first-order chi connectivity index (χ1) is 9.76. The van der Waals surface area contributed by atoms with Gasteiger partial charge >= 0.3 is 0 Å². The van der Waals surface area contributed by atoms with Gasteiger partial charge in [0.15, 0.2) is 0 Å². The summed E-state index contributed by atoms with van der Waals surface area (Å²) in [5.41, 5.74) is 2.89. The molecular weight excluding hydrogens is 248 g/mol. The summed E-state index contributed by atoms with van der Waals surface area (Å²) in [7, 11) is 0. The Morgan fingerprint density at radius 1 is 1.00 bits per heavy atom. The van der Waals surface area contributed by atoms with E-state index in [1.54, 1.807) is 0 Å². The smallest absolute Gasteiger partial charge is 0.234 e. The van der Waals surface area contributed by atoms with Gasteiger partial charge in [-0.15, -0.1) is 0 Å². The molecule has 3 aromatic rings. The molecule has 0 aliphatic carbocycles. The SMILES string of the molecule is Cc1ccc(Nc2nc(C#N)nc3ccccc23)cc1. The molecule has 4 nitrogen and oxygen atoms in total. The summed E-state index contributed by atoms with van der Waals surface area (Å²) in [5, 5.41) is 13.2. The fraction of sp³-hybridized carbons (Fsp3) is 0.0625. The molecular formula is C16H12N4. The van der Waals surface area contributed by atoms with Gasteiger partial charge in [-0.05, 0) is 31.2 Å². The lowest BCUT2D eigenvalue weighted by atomic mass is 10.2. The molecule has 0 spiro atoms. The molecule has 0 aliphatic heterocycles. The Balaban J connectivity index is 2.10. The molecule has 96 valence electrons. The summed E-state index contributed by atoms with van der Waals surface area (Å²) < 4.78 is 0. The number of aromatic nitrogens is 2. The van der Waals surface area contributed by atoms with Crippen molar-refractivity contribution >= 4 is 22.4 Å². The lowest BCUT2D eigenvalue weighted by molar-refractivity contribution is 1.16. The normalized spacial score (nSPS) is 10.2. The van der Waals surface area contributed by atoms with E-state index >= 15 is 0 Å². The lowest BCUT2D eigenvalue weighted by Gasteiger charge is -2.09. The number of nitriles is 1. The molecule has 0 atom stereocenters. The van der Waals surface area contributed by atoms with Crippen LogP contribution in [0.2, 0.25) is 0 Å². The Labute approximate surface area is 116 Å². The molecule has 0 saturated carbocycles. The highest BCUT2D eigenvalue weighted by Crippen LogP contribution is 2.23. The fourth-order valence-corrected chi connectivity index (χ4v) is 2.00. The first-order valence-corrected chi connectivity index (χ1v) is 6.27. The van der Waals surface area contributed by atoms with Gasteiger partial charge in [0.1, 0.15) is 11.9 Å². The summed E-state index contributed by atoms with van der Waals surface area (Å²) in [6, 6.07) is 17.6. The Bertz CT molecular complexity index is 801. The summed E-state index contributed by atoms with van der Waals surface area (Å²) >= 11 is 0. The van der Waals surface area contributed by atoms with Crippen LogP contribution in [0.25, 0.3) is 10.9 Å². The Hall–Kier alpha value is -2.93. The van der Waals surface area contributed by atoms with Crippen molar-refractivity contribution in [3.05, 3.63) is 59.9 Å². The third-order valence-corrected chi connectivity index (χ3v) is 3.02. The van der Waals surface area contributed by atoms with Crippen molar-refractivity contribution in [2.24, 2.45) is 0 Å². The second-order valence-corrected chi connectivity index (χ2v) is 4.52. The second kappa shape index (κ2) is 4.98. The molecule has 1 aromatic heterocycles. The topological polar surface area (TPSA) is 61.6 Å². The number of hydrogen-bond acceptors (Lipinski definition) is 4. The van der Waals surface area contributed by atoms with E-state index in [9.17, 15) is 0 Å². The zero-order valence-electron chi connectivity index (χ0n) is 11.0. The van der Waals surface area contributed by atoms with Gasteiger partial charge in [-0.2, -0.15) is 5.26 Å². The van der Waals surface area contributed by atoms with Crippen molar-refractivity contribution in [1.82, 2.24) is 9.97 Å². The number of benzene rings is 2. The standard InChI is InChI=1S/C16H12N4/c1-11-6-8-12(9-7-11)18-16-13-4-2-3-5-14(13)19-15(10-17)20-16/h2-9H,1H3,(H,18,19,20). The van der Waals surface area contributed by atoms with E-state index in [2.05, 4.69) is 15.3 Å². The third-order valence-electron chi connectivity index (χ3n) is 3.02. The Morgan fingerprint density at radius 2 is 1.75 bits per heavy atom. The highest BCUT2D eigenvalue weighted by atomic mass is 15.0. The highest BCUT2D eigenvalue weighted by Gasteiger charge is 2.07. The number of hydrogen-bond donors (Lipinski definition) is 1. The number of nitrogens with zero attached hydrogens (tertiary/aromatic N) is 3. The predicted molar refractivity (Wildman–Crippen MR) is 78.7 cm³/mol. The first-order valence-electron chi connectivity index (χ1n) is 6.27. The van der Waals surface area contributed by atoms with Crippen molar-refractivity contribution in [3.8, 4) is 6.07 Å². The van der Waals surface area contributed by atoms with Crippen LogP contribution in [0.3, 0.4) is 0 Å². The number of anilines is 2. The average molecular weight is 260 g/mol. The monoisotopic (exact) mass is 260 g/mol. The van der Waals surface area contributed by atoms with Crippen LogP contribution in [0.1, 0.15) is 11.4 Å². The van der Waals surface area contributed by atoms with Crippen LogP contribution in [0, 0.1) is 18.3 Å². The van der Waals surface area contributed by atoms with E-state index in [-0.39, 0.29) is 5.82 Å². The molecule has 0 fully saturated rings. The third kappa shape index (κ3) is 2.29. The van der Waals surface area contributed by atoms with Crippen LogP contribution < -0.4 is 5.32 Å². The van der Waals surface area contributed by atoms with E-state index < -0.39 is 0 Å². The van der Waals surface area contributed by atoms with Crippen molar-refractivity contribution in [3.63, 3.8) is 0 Å². The molecule has 2 aromatic carbocycles. The quantitative estimate of drug-likeness (QED) is 0.765. The number of nitrogens with one attached hydrogen (secondary N) is 1. The number of aryl methyl sites for hydroxylation is 1. The van der Waals surface area contributed by atoms with Crippen molar-refractivity contribution < 1.29 is 0 Å². The van der Waals surface area contributed by atoms with Gasteiger partial charge in [0.25, 0.3) is 0 Å². The van der Waals surface area contributed by atoms with Crippen LogP contribution >= 0.6 is 0 Å². The summed E-state index contributed by atoms with van der Waals surface area (Å²) in [6.07, 6.45) is 0. The Morgan fingerprint density at radius 3 is 2.50 bits per heavy atom. The zero-order chi connectivity index (χ0) is 13.9. The molecule has 0 radical (unpaired) electrons. The maximum Gasteiger partial charge on any atom is 0.234 e. The van der Waals surface area contributed by atoms with Gasteiger partial charge in [0.05, 0.1) is 5.52 Å². The van der Waals surface area contributed by atoms with E-state index in [0.717, 1.165) is 16.6 Å². The van der Waals surface area contributed by atoms with Crippen molar-refractivity contribution in [2.45, 2.75) is 6.92 Å². The summed E-state index contributed by atoms with van der Waals surface area (Å²) in [6.45, 7) is 2.04. The van der Waals surface area contributed by atoms with Crippen LogP contribution in [0.4, 0.5) is 11.5 Å². The van der Waals surface area contributed by atoms with E-state index in [1.807, 2.05) is 61.5 Å². The molecule has 0 amide bonds. The van der Waals surface area contributed by atoms with E-state index in [4.69, 9.17) is 5.26 Å². The minimum atomic E-state index is 0.165. The zero-order valence-corrected chi connectivity index (χ0v) is 11.0. The molecule has 0 saturated heterocycles. The molecule has 0 aliphatic rings. The van der Waals surface area contributed by atoms with Crippen LogP contribution in [-0.4, -0.2) is 9.97 Å². The number of rotatable bonds is 2. The van der Waals surface area contributed by atoms with Crippen LogP contribution in [0.5, 0.6) is 0 Å². The van der Waals surface area contributed by atoms with Gasteiger partial charge in [0, 0.05) is 11.1 Å². The van der Waals surface area contributed by atoms with Gasteiger partial charge in [-0.25, -0.2) is 9.97 Å². The van der Waals surface area contributed by atoms with Crippen molar-refractivity contribution in [2.75, 3.05) is 5.32 Å². The molecule has 20 heavy (non-hydrogen) atoms. The van der Waals surface area contributed by atoms with Gasteiger partial charge in [0.2, 0.25) is 5.82 Å². The lowest BCUT2D eigenvalue weighted by Crippen LogP contribution is -1.99. The van der Waals surface area contributed by atoms with Crippen LogP contribution in [0.15, 0.2) is 48.5 Å². The van der Waals surface area contributed by atoms with E-state index in [1.165, 1.54) is 5.56 Å². The maximum absolute atomic E-state index is 9.02. The largest absolute Gasteiger partial charge is 0.340 e. The van der Waals surface area contributed by atoms with Gasteiger partial charge in [-0.3, -0.25) is 0 Å². The first kappa shape index (κ1) is 12.1. The molecule has 1 heterocycles. The highest BCUT2D eigenvalue weighted by molar-refractivity contribution is 5.90. The minimum absolute atomic E-state index is 0.165. The van der Waals surface area contributed by atoms with Crippen LogP contribution in [-0.2, 0) is 0 Å². The predicted octanol–water partition coefficient (Wildman–Crippen LogP) is 3.55. The molecule has 3 rings (SSSR count). The number of para-hydroxylation sites is 1. The molecule has 0 unspecified atom stereocenters. The minimum Gasteiger partial charge on any atom is -0.340 e. The Kier molecular flexibility index (Phi) is 3.02. The van der Waals surface area contributed by atoms with Crippen molar-refractivity contribution in [1.29, 1.82) is 5.26 Å². The fourth-order valence-electron chi connectivity index (χ4n) is 2.00. The molecule has 4 heteroatoms.